The highest BCUT2D eigenvalue weighted by atomic mass is 16.8. The van der Waals surface area contributed by atoms with Crippen molar-refractivity contribution < 1.29 is 174 Å². The first-order chi connectivity index (χ1) is 56.6. The number of carboxylic acids is 3. The predicted octanol–water partition coefficient (Wildman–Crippen LogP) is -1.59. The lowest BCUT2D eigenvalue weighted by molar-refractivity contribution is -0.365. The minimum atomic E-state index is -3.55. The van der Waals surface area contributed by atoms with Crippen LogP contribution in [0, 0.1) is 5.92 Å². The Bertz CT molecular complexity index is 2950. The highest BCUT2D eigenvalue weighted by Gasteiger charge is 2.63. The molecular formula is C80H142N4O35. The zero-order chi connectivity index (χ0) is 88.6. The third kappa shape index (κ3) is 34.1. The lowest BCUT2D eigenvalue weighted by Crippen LogP contribution is -2.72. The summed E-state index contributed by atoms with van der Waals surface area (Å²) in [5, 5.41) is 227. The van der Waals surface area contributed by atoms with Crippen LogP contribution in [0.25, 0.3) is 0 Å². The van der Waals surface area contributed by atoms with Crippen LogP contribution in [0.2, 0.25) is 0 Å². The third-order valence-electron chi connectivity index (χ3n) is 22.7. The maximum atomic E-state index is 13.9. The van der Waals surface area contributed by atoms with Crippen LogP contribution in [-0.2, 0) is 71.5 Å². The molecule has 27 atom stereocenters. The van der Waals surface area contributed by atoms with E-state index in [4.69, 9.17) is 37.9 Å². The summed E-state index contributed by atoms with van der Waals surface area (Å²) in [5.74, 6) is -20.8. The number of hydrogen-bond donors (Lipinski definition) is 24. The van der Waals surface area contributed by atoms with Crippen molar-refractivity contribution in [3.8, 4) is 0 Å². The summed E-state index contributed by atoms with van der Waals surface area (Å²) in [6, 6.07) is -7.57. The van der Waals surface area contributed by atoms with E-state index in [1.807, 2.05) is 0 Å². The fourth-order valence-electron chi connectivity index (χ4n) is 15.2. The van der Waals surface area contributed by atoms with Crippen molar-refractivity contribution in [2.45, 2.75) is 397 Å². The van der Waals surface area contributed by atoms with Crippen molar-refractivity contribution in [2.24, 2.45) is 5.92 Å². The van der Waals surface area contributed by atoms with Crippen molar-refractivity contribution >= 4 is 41.5 Å². The van der Waals surface area contributed by atoms with E-state index in [2.05, 4.69) is 42.0 Å². The molecule has 4 aliphatic rings. The summed E-state index contributed by atoms with van der Waals surface area (Å²) in [5.41, 5.74) is 0. The van der Waals surface area contributed by atoms with Gasteiger partial charge in [0.1, 0.15) is 98.7 Å². The molecular weight excluding hydrogens is 1580 g/mol. The number of rotatable bonds is 62. The van der Waals surface area contributed by atoms with Gasteiger partial charge >= 0.3 is 17.9 Å². The number of unbranched alkanes of at least 4 members (excludes halogenated alkanes) is 25. The molecule has 4 aliphatic heterocycles. The minimum absolute atomic E-state index is 0.0757. The summed E-state index contributed by atoms with van der Waals surface area (Å²) >= 11 is 0. The first-order valence-corrected chi connectivity index (χ1v) is 42.6. The van der Waals surface area contributed by atoms with Crippen LogP contribution in [0.5, 0.6) is 0 Å². The molecule has 4 amide bonds. The van der Waals surface area contributed by atoms with Gasteiger partial charge in [-0.1, -0.05) is 206 Å². The first kappa shape index (κ1) is 106. The SMILES string of the molecule is CCCCCCCCCCCCCCCCCCCCCCC(O)C(=O)NC(COC1OC(COC2(C(=O)O)CC(OC3(C(=O)O)CC(O)C(NC(=O)COC4(C(=O)O)CC(O)C(NC(=O)CO)C(C(O)C(O)CO)O4)C(C(O)C(O)CO)O3)C(NC(C)=O)C(C(O)C(O)CO)O2)C(O)C(O)C1O)C(O)C=CCCCCCCCCC(C)CC. The van der Waals surface area contributed by atoms with Crippen molar-refractivity contribution in [3.05, 3.63) is 12.2 Å². The Morgan fingerprint density at radius 3 is 1.36 bits per heavy atom. The molecule has 692 valence electrons. The van der Waals surface area contributed by atoms with Crippen LogP contribution in [0.15, 0.2) is 12.2 Å². The number of amides is 4. The van der Waals surface area contributed by atoms with Crippen molar-refractivity contribution in [1.82, 2.24) is 21.3 Å². The van der Waals surface area contributed by atoms with Crippen LogP contribution in [-0.4, -0.2) is 348 Å². The molecule has 0 aromatic heterocycles. The maximum Gasteiger partial charge on any atom is 0.364 e. The second-order valence-corrected chi connectivity index (χ2v) is 32.3. The average Bonchev–Trinajstić information content (AvgIpc) is 0.745. The van der Waals surface area contributed by atoms with Gasteiger partial charge in [-0.25, -0.2) is 14.4 Å². The number of nitrogens with one attached hydrogen (secondary N) is 4. The second-order valence-electron chi connectivity index (χ2n) is 32.3. The molecule has 39 heteroatoms. The zero-order valence-corrected chi connectivity index (χ0v) is 69.4. The zero-order valence-electron chi connectivity index (χ0n) is 69.4. The molecule has 0 aromatic rings. The molecule has 0 aliphatic carbocycles. The summed E-state index contributed by atoms with van der Waals surface area (Å²) in [7, 11) is 0. The van der Waals surface area contributed by atoms with E-state index >= 15 is 0 Å². The number of aliphatic hydroxyl groups is 17. The standard InChI is InChI=1S/C80H142N4O35/c1-5-7-8-9-10-11-12-13-14-15-16-17-18-19-20-21-22-27-30-33-36-51(91)73(105)82-49(50(90)35-32-29-26-24-23-25-28-31-34-47(3)6-2)44-112-74-69(104)68(103)67(102)58(115-74)45-113-79(76(108)109)39-57(63(81-48(4)89)72(118-79)66(101)56(96)42-87)116-80(77(110)111)38-53(93)62(71(119-80)65(100)55(95)41-86)84-60(98)46-114-78(75(106)107)37-52(92)61(83-59(97)43-88)70(117-78)64(99)54(94)40-85/h32,35,47,49-58,61-72,74,85-88,90-96,99-104H,5-31,33-34,36-46H2,1-4H3,(H,81,89)(H,82,105)(H,83,97)(H,84,98)(H,106,107)(H,108,109)(H,110,111). The third-order valence-corrected chi connectivity index (χ3v) is 22.7. The monoisotopic (exact) mass is 1720 g/mol. The van der Waals surface area contributed by atoms with Crippen LogP contribution in [0.1, 0.15) is 240 Å². The van der Waals surface area contributed by atoms with Gasteiger partial charge in [0.05, 0.1) is 81.6 Å². The van der Waals surface area contributed by atoms with E-state index in [9.17, 15) is 136 Å². The van der Waals surface area contributed by atoms with Gasteiger partial charge < -0.3 is 161 Å². The molecule has 4 saturated heterocycles. The topological polar surface area (TPSA) is 646 Å². The van der Waals surface area contributed by atoms with Gasteiger partial charge in [0.15, 0.2) is 6.29 Å². The Kier molecular flexibility index (Phi) is 49.5. The molecule has 0 bridgehead atoms. The summed E-state index contributed by atoms with van der Waals surface area (Å²) in [6.07, 6.45) is -10.8. The van der Waals surface area contributed by atoms with Gasteiger partial charge in [-0.2, -0.15) is 0 Å². The van der Waals surface area contributed by atoms with Crippen LogP contribution in [0.3, 0.4) is 0 Å². The first-order valence-electron chi connectivity index (χ1n) is 42.6. The highest BCUT2D eigenvalue weighted by Crippen LogP contribution is 2.42. The summed E-state index contributed by atoms with van der Waals surface area (Å²) in [6.45, 7) is -1.15. The Balaban J connectivity index is 1.57. The smallest absolute Gasteiger partial charge is 0.364 e. The van der Waals surface area contributed by atoms with Gasteiger partial charge in [0, 0.05) is 26.2 Å². The quantitative estimate of drug-likeness (QED) is 0.0241. The Hall–Kier alpha value is -4.97. The van der Waals surface area contributed by atoms with Crippen molar-refractivity contribution in [2.75, 3.05) is 46.2 Å². The number of allylic oxidation sites excluding steroid dienone is 1. The number of aliphatic carboxylic acids is 3. The molecule has 27 unspecified atom stereocenters. The van der Waals surface area contributed by atoms with E-state index < -0.39 is 265 Å². The van der Waals surface area contributed by atoms with Gasteiger partial charge in [0.2, 0.25) is 23.6 Å². The van der Waals surface area contributed by atoms with E-state index in [0.29, 0.717) is 18.8 Å². The number of carboxylic acid groups (broad SMARTS) is 3. The van der Waals surface area contributed by atoms with Crippen LogP contribution >= 0.6 is 0 Å². The highest BCUT2D eigenvalue weighted by molar-refractivity contribution is 5.82. The maximum absolute atomic E-state index is 13.9. The Morgan fingerprint density at radius 2 is 0.916 bits per heavy atom. The van der Waals surface area contributed by atoms with E-state index in [1.54, 1.807) is 6.08 Å². The molecule has 0 saturated carbocycles. The second kappa shape index (κ2) is 55.4. The lowest BCUT2D eigenvalue weighted by atomic mass is 9.86. The average molecular weight is 1720 g/mol. The van der Waals surface area contributed by atoms with Crippen molar-refractivity contribution in [1.29, 1.82) is 0 Å². The largest absolute Gasteiger partial charge is 0.477 e. The molecule has 39 nitrogen and oxygen atoms in total. The predicted molar refractivity (Wildman–Crippen MR) is 419 cm³/mol. The van der Waals surface area contributed by atoms with Crippen molar-refractivity contribution in [3.63, 3.8) is 0 Å². The summed E-state index contributed by atoms with van der Waals surface area (Å²) in [4.78, 5) is 93.6. The van der Waals surface area contributed by atoms with Gasteiger partial charge in [-0.15, -0.1) is 0 Å². The fourth-order valence-corrected chi connectivity index (χ4v) is 15.2. The number of aliphatic hydroxyl groups excluding tert-OH is 17. The molecule has 0 aromatic carbocycles. The van der Waals surface area contributed by atoms with Gasteiger partial charge in [-0.3, -0.25) is 19.2 Å². The number of hydrogen-bond acceptors (Lipinski definition) is 32. The molecule has 0 radical (unpaired) electrons. The van der Waals surface area contributed by atoms with Crippen LogP contribution < -0.4 is 21.3 Å². The molecule has 4 rings (SSSR count). The van der Waals surface area contributed by atoms with Gasteiger partial charge in [-0.05, 0) is 25.2 Å². The minimum Gasteiger partial charge on any atom is -0.477 e. The lowest BCUT2D eigenvalue weighted by Gasteiger charge is -2.52. The molecule has 24 N–H and O–H groups in total. The molecule has 4 fully saturated rings. The normalized spacial score (nSPS) is 29.9. The Labute approximate surface area is 695 Å². The number of carbonyl (C=O) groups is 7. The molecule has 4 heterocycles. The van der Waals surface area contributed by atoms with E-state index in [-0.39, 0.29) is 6.42 Å². The van der Waals surface area contributed by atoms with E-state index in [1.165, 1.54) is 96.0 Å². The number of carbonyl (C=O) groups excluding carboxylic acids is 4. The van der Waals surface area contributed by atoms with Gasteiger partial charge in [0.25, 0.3) is 17.4 Å². The van der Waals surface area contributed by atoms with Crippen LogP contribution in [0.4, 0.5) is 0 Å². The number of ether oxygens (including phenoxy) is 8. The fraction of sp³-hybridized carbons (Fsp3) is 0.887. The molecule has 0 spiro atoms. The van der Waals surface area contributed by atoms with E-state index in [0.717, 1.165) is 90.4 Å². The Morgan fingerprint density at radius 1 is 0.496 bits per heavy atom. The summed E-state index contributed by atoms with van der Waals surface area (Å²) < 4.78 is 46.3. The molecule has 119 heavy (non-hydrogen) atoms.